The second-order valence-electron chi connectivity index (χ2n) is 23.6. The number of fused-ring (bicyclic) bond motifs is 10. The van der Waals surface area contributed by atoms with Crippen LogP contribution in [-0.4, -0.2) is 11.8 Å². The fraction of sp³-hybridized carbons (Fsp3) is 0.262. The Morgan fingerprint density at radius 1 is 0.580 bits per heavy atom. The number of hydrogen-bond donors (Lipinski definition) is 1. The number of aromatic nitrogens is 1. The van der Waals surface area contributed by atoms with Crippen molar-refractivity contribution in [2.75, 3.05) is 5.32 Å². The zero-order valence-electron chi connectivity index (χ0n) is 42.1. The molecule has 0 saturated carbocycles. The summed E-state index contributed by atoms with van der Waals surface area (Å²) in [7, 11) is 2.51. The Morgan fingerprint density at radius 2 is 1.19 bits per heavy atom. The van der Waals surface area contributed by atoms with Gasteiger partial charge in [0.15, 0.2) is 7.28 Å². The predicted molar refractivity (Wildman–Crippen MR) is 293 cm³/mol. The number of benzene rings is 8. The molecule has 8 aromatic carbocycles. The highest BCUT2D eigenvalue weighted by Crippen LogP contribution is 2.58. The summed E-state index contributed by atoms with van der Waals surface area (Å²) in [5, 5.41) is 6.64. The zero-order chi connectivity index (χ0) is 47.9. The average molecular weight is 898 g/mol. The molecule has 9 aromatic rings. The topological polar surface area (TPSA) is 26.2 Å². The van der Waals surface area contributed by atoms with Crippen molar-refractivity contribution in [3.8, 4) is 33.7 Å². The first-order valence-corrected chi connectivity index (χ1v) is 25.0. The van der Waals surface area contributed by atoms with Crippen LogP contribution in [0, 0.1) is 0 Å². The van der Waals surface area contributed by atoms with E-state index >= 15 is 0 Å². The summed E-state index contributed by atoms with van der Waals surface area (Å²) in [5.41, 5.74) is 23.5. The summed E-state index contributed by atoms with van der Waals surface area (Å²) in [6.45, 7) is 25.8. The molecule has 0 bridgehead atoms. The van der Waals surface area contributed by atoms with Crippen LogP contribution in [0.2, 0.25) is 0 Å². The number of rotatable bonds is 5. The maximum atomic E-state index is 7.20. The van der Waals surface area contributed by atoms with E-state index in [1.807, 2.05) is 0 Å². The van der Waals surface area contributed by atoms with Crippen LogP contribution in [0.15, 0.2) is 158 Å². The number of nitrogens with zero attached hydrogens (tertiary/aromatic N) is 1. The molecular formula is C65H62BN2O. The van der Waals surface area contributed by atoms with Crippen molar-refractivity contribution in [2.24, 2.45) is 0 Å². The van der Waals surface area contributed by atoms with Gasteiger partial charge in [0.05, 0.1) is 11.4 Å². The third kappa shape index (κ3) is 6.76. The highest BCUT2D eigenvalue weighted by Gasteiger charge is 2.44. The van der Waals surface area contributed by atoms with Crippen molar-refractivity contribution in [2.45, 2.75) is 110 Å². The Hall–Kier alpha value is -6.78. The lowest BCUT2D eigenvalue weighted by molar-refractivity contribution is 0.222. The molecule has 1 aliphatic carbocycles. The summed E-state index contributed by atoms with van der Waals surface area (Å²) >= 11 is 0. The van der Waals surface area contributed by atoms with Crippen LogP contribution in [0.25, 0.3) is 49.7 Å². The van der Waals surface area contributed by atoms with Crippen LogP contribution in [0.1, 0.15) is 133 Å². The Morgan fingerprint density at radius 3 is 1.87 bits per heavy atom. The molecule has 3 nitrogen and oxygen atoms in total. The molecule has 4 heteroatoms. The van der Waals surface area contributed by atoms with E-state index in [9.17, 15) is 0 Å². The molecule has 2 unspecified atom stereocenters. The lowest BCUT2D eigenvalue weighted by atomic mass is 9.57. The van der Waals surface area contributed by atoms with E-state index in [0.717, 1.165) is 22.6 Å². The van der Waals surface area contributed by atoms with Gasteiger partial charge >= 0.3 is 0 Å². The van der Waals surface area contributed by atoms with Gasteiger partial charge in [-0.1, -0.05) is 191 Å². The molecule has 2 atom stereocenters. The fourth-order valence-corrected chi connectivity index (χ4v) is 11.9. The van der Waals surface area contributed by atoms with E-state index in [1.165, 1.54) is 99.7 Å². The van der Waals surface area contributed by atoms with E-state index in [4.69, 9.17) is 4.74 Å². The van der Waals surface area contributed by atoms with Crippen molar-refractivity contribution >= 4 is 51.4 Å². The Kier molecular flexibility index (Phi) is 9.53. The van der Waals surface area contributed by atoms with Gasteiger partial charge in [0.2, 0.25) is 0 Å². The molecule has 3 aliphatic rings. The molecule has 1 radical (unpaired) electrons. The second-order valence-corrected chi connectivity index (χ2v) is 23.6. The molecule has 341 valence electrons. The largest absolute Gasteiger partial charge is 0.484 e. The lowest BCUT2D eigenvalue weighted by Crippen LogP contribution is -2.38. The third-order valence-corrected chi connectivity index (χ3v) is 15.7. The van der Waals surface area contributed by atoms with Crippen molar-refractivity contribution in [3.05, 3.63) is 202 Å². The predicted octanol–water partition coefficient (Wildman–Crippen LogP) is 15.6. The summed E-state index contributed by atoms with van der Waals surface area (Å²) in [6.07, 6.45) is -0.159. The Labute approximate surface area is 409 Å². The van der Waals surface area contributed by atoms with Gasteiger partial charge in [-0.25, -0.2) is 0 Å². The highest BCUT2D eigenvalue weighted by atomic mass is 16.5. The molecule has 0 spiro atoms. The quantitative estimate of drug-likeness (QED) is 0.174. The summed E-state index contributed by atoms with van der Waals surface area (Å²) < 4.78 is 9.83. The van der Waals surface area contributed by atoms with E-state index in [-0.39, 0.29) is 33.7 Å². The van der Waals surface area contributed by atoms with Gasteiger partial charge in [0.25, 0.3) is 0 Å². The summed E-state index contributed by atoms with van der Waals surface area (Å²) in [5.74, 6) is 0.972. The maximum absolute atomic E-state index is 7.20. The van der Waals surface area contributed by atoms with Crippen LogP contribution < -0.4 is 21.0 Å². The fourth-order valence-electron chi connectivity index (χ4n) is 11.9. The first-order valence-electron chi connectivity index (χ1n) is 25.0. The molecule has 1 N–H and O–H groups in total. The number of nitrogens with one attached hydrogen (secondary N) is 1. The molecule has 3 heterocycles. The molecule has 0 amide bonds. The second kappa shape index (κ2) is 15.1. The average Bonchev–Trinajstić information content (AvgIpc) is 3.94. The van der Waals surface area contributed by atoms with Crippen molar-refractivity contribution in [3.63, 3.8) is 0 Å². The van der Waals surface area contributed by atoms with Crippen LogP contribution >= 0.6 is 0 Å². The zero-order valence-corrected chi connectivity index (χ0v) is 42.1. The van der Waals surface area contributed by atoms with Crippen LogP contribution in [0.3, 0.4) is 0 Å². The summed E-state index contributed by atoms with van der Waals surface area (Å²) in [4.78, 5) is 0. The van der Waals surface area contributed by atoms with Crippen molar-refractivity contribution in [1.29, 1.82) is 0 Å². The standard InChI is InChI=1S/C65H62BN2O/c1-62(2,3)40-26-30-43(31-27-40)67-50-32-28-41(63(4,5)6)34-45(50)57-58-55(44-24-18-19-25-48(44)65(58,10)11)56-46-35-42(64(7,8)9)29-33-51(46)68-52-36-47-53(37-49(52)66-59(57)60(56)68)69-61(39-22-16-13-17-23-39)54(47)38-20-14-12-15-21-38/h12-37,54,61,67H,1-11H3. The molecule has 1 aromatic heterocycles. The van der Waals surface area contributed by atoms with E-state index in [1.54, 1.807) is 0 Å². The minimum absolute atomic E-state index is 0.0228. The van der Waals surface area contributed by atoms with Crippen LogP contribution in [-0.2, 0) is 21.7 Å². The van der Waals surface area contributed by atoms with Gasteiger partial charge in [-0.05, 0) is 126 Å². The number of ether oxygens (including phenoxy) is 1. The first-order chi connectivity index (χ1) is 32.9. The highest BCUT2D eigenvalue weighted by molar-refractivity contribution is 6.74. The molecule has 0 saturated heterocycles. The molecular weight excluding hydrogens is 836 g/mol. The lowest BCUT2D eigenvalue weighted by Gasteiger charge is -2.31. The van der Waals surface area contributed by atoms with Gasteiger partial charge in [0.1, 0.15) is 11.9 Å². The van der Waals surface area contributed by atoms with E-state index < -0.39 is 0 Å². The SMILES string of the molecule is CC(C)(C)c1ccc(Nc2ccc(C(C)(C)C)cc2-c2c3c(c4c5cc(C(C)(C)C)ccc5n5c4c2[B]c2cc4c(cc2-5)C(c2ccccc2)C(c2ccccc2)O4)-c2ccccc2C3(C)C)cc1. The first kappa shape index (κ1) is 43.5. The van der Waals surface area contributed by atoms with Gasteiger partial charge in [-0.15, -0.1) is 0 Å². The minimum Gasteiger partial charge on any atom is -0.484 e. The van der Waals surface area contributed by atoms with Gasteiger partial charge in [0, 0.05) is 49.9 Å². The molecule has 69 heavy (non-hydrogen) atoms. The van der Waals surface area contributed by atoms with Crippen molar-refractivity contribution in [1.82, 2.24) is 4.57 Å². The van der Waals surface area contributed by atoms with Crippen LogP contribution in [0.4, 0.5) is 11.4 Å². The van der Waals surface area contributed by atoms with Crippen molar-refractivity contribution < 1.29 is 4.74 Å². The van der Waals surface area contributed by atoms with Gasteiger partial charge < -0.3 is 14.6 Å². The normalized spacial score (nSPS) is 16.7. The van der Waals surface area contributed by atoms with E-state index in [2.05, 4.69) is 251 Å². The van der Waals surface area contributed by atoms with Gasteiger partial charge in [-0.2, -0.15) is 0 Å². The third-order valence-electron chi connectivity index (χ3n) is 15.7. The molecule has 2 aliphatic heterocycles. The number of anilines is 2. The summed E-state index contributed by atoms with van der Waals surface area (Å²) in [6, 6.07) is 59.3. The Bertz CT molecular complexity index is 3540. The monoisotopic (exact) mass is 897 g/mol. The molecule has 0 fully saturated rings. The van der Waals surface area contributed by atoms with Crippen LogP contribution in [0.5, 0.6) is 5.75 Å². The maximum Gasteiger partial charge on any atom is 0.198 e. The minimum atomic E-state index is -0.313. The Balaban J connectivity index is 1.20. The van der Waals surface area contributed by atoms with E-state index in [0.29, 0.717) is 0 Å². The molecule has 12 rings (SSSR count). The van der Waals surface area contributed by atoms with Gasteiger partial charge in [-0.3, -0.25) is 0 Å². The number of hydrogen-bond acceptors (Lipinski definition) is 2. The smallest absolute Gasteiger partial charge is 0.198 e.